The average molecular weight is 333 g/mol. The maximum Gasteiger partial charge on any atom is 0.417 e. The fraction of sp³-hybridized carbons (Fsp3) is 0.133. The second-order valence-corrected chi connectivity index (χ2v) is 4.79. The second kappa shape index (κ2) is 5.96. The second-order valence-electron chi connectivity index (χ2n) is 4.38. The van der Waals surface area contributed by atoms with Gasteiger partial charge in [0.2, 0.25) is 0 Å². The summed E-state index contributed by atoms with van der Waals surface area (Å²) in [5.74, 6) is -1.61. The van der Waals surface area contributed by atoms with Crippen LogP contribution in [0.15, 0.2) is 36.4 Å². The van der Waals surface area contributed by atoms with Crippen LogP contribution < -0.4 is 0 Å². The van der Waals surface area contributed by atoms with Gasteiger partial charge >= 0.3 is 12.1 Å². The maximum absolute atomic E-state index is 13.2. The van der Waals surface area contributed by atoms with Crippen LogP contribution in [0.4, 0.5) is 17.6 Å². The Hall–Kier alpha value is -2.08. The van der Waals surface area contributed by atoms with E-state index >= 15 is 0 Å². The van der Waals surface area contributed by atoms with E-state index in [1.165, 1.54) is 12.1 Å². The molecule has 0 unspecified atom stereocenters. The largest absolute Gasteiger partial charge is 0.465 e. The zero-order chi connectivity index (χ0) is 16.5. The van der Waals surface area contributed by atoms with E-state index < -0.39 is 23.5 Å². The SMILES string of the molecule is COC(=O)c1ccc(-c2ccc(F)c(Cl)c2)c(C(F)(F)F)c1. The number of alkyl halides is 3. The molecule has 2 aromatic rings. The summed E-state index contributed by atoms with van der Waals surface area (Å²) < 4.78 is 57.2. The lowest BCUT2D eigenvalue weighted by Crippen LogP contribution is -2.10. The van der Waals surface area contributed by atoms with E-state index in [4.69, 9.17) is 11.6 Å². The van der Waals surface area contributed by atoms with Crippen LogP contribution in [0, 0.1) is 5.82 Å². The standard InChI is InChI=1S/C15H9ClF4O2/c1-22-14(21)9-2-4-10(11(6-9)15(18,19)20)8-3-5-13(17)12(16)7-8/h2-7H,1H3. The van der Waals surface area contributed by atoms with Crippen molar-refractivity contribution in [3.05, 3.63) is 58.4 Å². The van der Waals surface area contributed by atoms with Gasteiger partial charge in [0.15, 0.2) is 0 Å². The first-order chi connectivity index (χ1) is 10.2. The Kier molecular flexibility index (Phi) is 4.42. The molecule has 0 spiro atoms. The highest BCUT2D eigenvalue weighted by Gasteiger charge is 2.34. The topological polar surface area (TPSA) is 26.3 Å². The number of halogens is 5. The lowest BCUT2D eigenvalue weighted by atomic mass is 9.97. The first-order valence-corrected chi connectivity index (χ1v) is 6.37. The average Bonchev–Trinajstić information content (AvgIpc) is 2.48. The molecule has 22 heavy (non-hydrogen) atoms. The predicted molar refractivity (Wildman–Crippen MR) is 73.2 cm³/mol. The van der Waals surface area contributed by atoms with Crippen molar-refractivity contribution in [2.75, 3.05) is 7.11 Å². The van der Waals surface area contributed by atoms with E-state index in [1.54, 1.807) is 0 Å². The Morgan fingerprint density at radius 1 is 1.14 bits per heavy atom. The Bertz CT molecular complexity index is 726. The lowest BCUT2D eigenvalue weighted by Gasteiger charge is -2.14. The molecule has 0 saturated heterocycles. The molecule has 0 saturated carbocycles. The van der Waals surface area contributed by atoms with Crippen LogP contribution in [0.25, 0.3) is 11.1 Å². The summed E-state index contributed by atoms with van der Waals surface area (Å²) in [7, 11) is 1.07. The zero-order valence-electron chi connectivity index (χ0n) is 11.2. The molecule has 2 nitrogen and oxygen atoms in total. The third kappa shape index (κ3) is 3.22. The van der Waals surface area contributed by atoms with Crippen LogP contribution in [0.2, 0.25) is 5.02 Å². The number of methoxy groups -OCH3 is 1. The highest BCUT2D eigenvalue weighted by Crippen LogP contribution is 2.38. The summed E-state index contributed by atoms with van der Waals surface area (Å²) in [4.78, 5) is 11.4. The van der Waals surface area contributed by atoms with Crippen LogP contribution in [-0.2, 0) is 10.9 Å². The molecule has 7 heteroatoms. The summed E-state index contributed by atoms with van der Waals surface area (Å²) in [5, 5.41) is -0.289. The van der Waals surface area contributed by atoms with E-state index in [1.807, 2.05) is 0 Å². The smallest absolute Gasteiger partial charge is 0.417 e. The van der Waals surface area contributed by atoms with Gasteiger partial charge in [-0.25, -0.2) is 9.18 Å². The molecule has 0 aliphatic rings. The number of hydrogen-bond acceptors (Lipinski definition) is 2. The van der Waals surface area contributed by atoms with Crippen LogP contribution in [0.5, 0.6) is 0 Å². The van der Waals surface area contributed by atoms with Gasteiger partial charge in [0, 0.05) is 0 Å². The van der Waals surface area contributed by atoms with Crippen LogP contribution in [-0.4, -0.2) is 13.1 Å². The first kappa shape index (κ1) is 16.3. The molecule has 0 atom stereocenters. The molecule has 2 aromatic carbocycles. The third-order valence-electron chi connectivity index (χ3n) is 2.98. The minimum Gasteiger partial charge on any atom is -0.465 e. The summed E-state index contributed by atoms with van der Waals surface area (Å²) in [6.07, 6.45) is -4.69. The Morgan fingerprint density at radius 3 is 2.36 bits per heavy atom. The van der Waals surface area contributed by atoms with Gasteiger partial charge in [-0.05, 0) is 35.4 Å². The monoisotopic (exact) mass is 332 g/mol. The molecule has 116 valence electrons. The van der Waals surface area contributed by atoms with Crippen molar-refractivity contribution >= 4 is 17.6 Å². The van der Waals surface area contributed by atoms with Crippen molar-refractivity contribution in [3.8, 4) is 11.1 Å². The van der Waals surface area contributed by atoms with Gasteiger partial charge in [-0.15, -0.1) is 0 Å². The fourth-order valence-corrected chi connectivity index (χ4v) is 2.12. The summed E-state index contributed by atoms with van der Waals surface area (Å²) in [6.45, 7) is 0. The van der Waals surface area contributed by atoms with Gasteiger partial charge in [0.05, 0.1) is 23.3 Å². The van der Waals surface area contributed by atoms with Gasteiger partial charge < -0.3 is 4.74 Å². The molecule has 0 aliphatic heterocycles. The number of hydrogen-bond donors (Lipinski definition) is 0. The number of ether oxygens (including phenoxy) is 1. The number of carbonyl (C=O) groups excluding carboxylic acids is 1. The first-order valence-electron chi connectivity index (χ1n) is 5.99. The van der Waals surface area contributed by atoms with Gasteiger partial charge in [-0.3, -0.25) is 0 Å². The fourth-order valence-electron chi connectivity index (χ4n) is 1.94. The van der Waals surface area contributed by atoms with Crippen LogP contribution in [0.1, 0.15) is 15.9 Å². The van der Waals surface area contributed by atoms with Crippen molar-refractivity contribution in [1.29, 1.82) is 0 Å². The van der Waals surface area contributed by atoms with Crippen molar-refractivity contribution in [1.82, 2.24) is 0 Å². The maximum atomic E-state index is 13.2. The molecule has 2 rings (SSSR count). The Balaban J connectivity index is 2.64. The van der Waals surface area contributed by atoms with E-state index in [0.29, 0.717) is 6.07 Å². The quantitative estimate of drug-likeness (QED) is 0.574. The number of benzene rings is 2. The van der Waals surface area contributed by atoms with E-state index in [9.17, 15) is 22.4 Å². The third-order valence-corrected chi connectivity index (χ3v) is 3.27. The molecule has 0 bridgehead atoms. The van der Waals surface area contributed by atoms with Crippen molar-refractivity contribution in [3.63, 3.8) is 0 Å². The molecular formula is C15H9ClF4O2. The van der Waals surface area contributed by atoms with E-state index in [2.05, 4.69) is 4.74 Å². The van der Waals surface area contributed by atoms with Crippen molar-refractivity contribution in [2.24, 2.45) is 0 Å². The Labute approximate surface area is 128 Å². The zero-order valence-corrected chi connectivity index (χ0v) is 11.9. The molecule has 0 aliphatic carbocycles. The van der Waals surface area contributed by atoms with Crippen LogP contribution in [0.3, 0.4) is 0 Å². The molecule has 0 fully saturated rings. The molecule has 0 aromatic heterocycles. The minimum atomic E-state index is -4.69. The van der Waals surface area contributed by atoms with Crippen molar-refractivity contribution < 1.29 is 27.1 Å². The van der Waals surface area contributed by atoms with E-state index in [0.717, 1.165) is 25.3 Å². The lowest BCUT2D eigenvalue weighted by molar-refractivity contribution is -0.137. The highest BCUT2D eigenvalue weighted by atomic mass is 35.5. The molecular weight excluding hydrogens is 324 g/mol. The number of rotatable bonds is 2. The van der Waals surface area contributed by atoms with Gasteiger partial charge in [-0.1, -0.05) is 23.7 Å². The molecule has 0 radical (unpaired) electrons. The summed E-state index contributed by atoms with van der Waals surface area (Å²) in [6, 6.07) is 6.28. The van der Waals surface area contributed by atoms with Gasteiger partial charge in [0.1, 0.15) is 5.82 Å². The molecule has 0 heterocycles. The van der Waals surface area contributed by atoms with E-state index in [-0.39, 0.29) is 21.7 Å². The van der Waals surface area contributed by atoms with Crippen LogP contribution >= 0.6 is 11.6 Å². The predicted octanol–water partition coefficient (Wildman–Crippen LogP) is 4.95. The molecule has 0 N–H and O–H groups in total. The van der Waals surface area contributed by atoms with Crippen molar-refractivity contribution in [2.45, 2.75) is 6.18 Å². The summed E-state index contributed by atoms with van der Waals surface area (Å²) >= 11 is 5.60. The summed E-state index contributed by atoms with van der Waals surface area (Å²) in [5.41, 5.74) is -1.37. The normalized spacial score (nSPS) is 11.4. The minimum absolute atomic E-state index is 0.0927. The highest BCUT2D eigenvalue weighted by molar-refractivity contribution is 6.31. The number of esters is 1. The number of carbonyl (C=O) groups is 1. The van der Waals surface area contributed by atoms with Gasteiger partial charge in [-0.2, -0.15) is 13.2 Å². The molecule has 0 amide bonds. The van der Waals surface area contributed by atoms with Gasteiger partial charge in [0.25, 0.3) is 0 Å². The Morgan fingerprint density at radius 2 is 1.82 bits per heavy atom.